The van der Waals surface area contributed by atoms with Gasteiger partial charge in [0.15, 0.2) is 0 Å². The molecule has 0 amide bonds. The number of halogens is 2. The number of aliphatic carboxylic acids is 1. The summed E-state index contributed by atoms with van der Waals surface area (Å²) < 4.78 is 0.976. The summed E-state index contributed by atoms with van der Waals surface area (Å²) in [7, 11) is 0. The number of carboxylic acid groups (broad SMARTS) is 1. The van der Waals surface area contributed by atoms with Gasteiger partial charge in [-0.2, -0.15) is 0 Å². The monoisotopic (exact) mass is 359 g/mol. The van der Waals surface area contributed by atoms with Crippen LogP contribution in [0.25, 0.3) is 0 Å². The van der Waals surface area contributed by atoms with Gasteiger partial charge >= 0.3 is 5.97 Å². The van der Waals surface area contributed by atoms with E-state index in [0.29, 0.717) is 18.0 Å². The Morgan fingerprint density at radius 1 is 1.55 bits per heavy atom. The molecule has 5 heteroatoms. The van der Waals surface area contributed by atoms with E-state index in [2.05, 4.69) is 20.8 Å². The van der Waals surface area contributed by atoms with Gasteiger partial charge in [-0.15, -0.1) is 0 Å². The molecule has 0 aliphatic carbocycles. The first kappa shape index (κ1) is 15.8. The SMILES string of the molecule is CCCC1(C(=O)O)CCCN1Cc1cc(Cl)ccc1Br. The summed E-state index contributed by atoms with van der Waals surface area (Å²) in [5.74, 6) is -0.699. The van der Waals surface area contributed by atoms with E-state index in [9.17, 15) is 9.90 Å². The molecular weight excluding hydrogens is 342 g/mol. The first-order chi connectivity index (χ1) is 9.49. The maximum Gasteiger partial charge on any atom is 0.324 e. The maximum atomic E-state index is 11.8. The van der Waals surface area contributed by atoms with Crippen molar-refractivity contribution in [1.29, 1.82) is 0 Å². The predicted molar refractivity (Wildman–Crippen MR) is 84.1 cm³/mol. The average molecular weight is 361 g/mol. The highest BCUT2D eigenvalue weighted by Gasteiger charge is 2.46. The Morgan fingerprint density at radius 2 is 2.30 bits per heavy atom. The molecule has 2 rings (SSSR count). The number of rotatable bonds is 5. The smallest absolute Gasteiger partial charge is 0.324 e. The molecule has 1 saturated heterocycles. The maximum absolute atomic E-state index is 11.8. The molecule has 0 saturated carbocycles. The molecule has 0 radical (unpaired) electrons. The molecule has 1 aromatic rings. The van der Waals surface area contributed by atoms with Gasteiger partial charge in [-0.1, -0.05) is 40.9 Å². The van der Waals surface area contributed by atoms with Crippen molar-refractivity contribution in [1.82, 2.24) is 4.90 Å². The van der Waals surface area contributed by atoms with E-state index in [1.807, 2.05) is 25.1 Å². The van der Waals surface area contributed by atoms with Crippen molar-refractivity contribution >= 4 is 33.5 Å². The minimum absolute atomic E-state index is 0.618. The van der Waals surface area contributed by atoms with Crippen LogP contribution in [0.5, 0.6) is 0 Å². The highest BCUT2D eigenvalue weighted by Crippen LogP contribution is 2.36. The van der Waals surface area contributed by atoms with Crippen molar-refractivity contribution in [3.8, 4) is 0 Å². The topological polar surface area (TPSA) is 40.5 Å². The summed E-state index contributed by atoms with van der Waals surface area (Å²) in [6.07, 6.45) is 3.23. The molecule has 1 atom stereocenters. The van der Waals surface area contributed by atoms with Crippen molar-refractivity contribution in [3.05, 3.63) is 33.3 Å². The van der Waals surface area contributed by atoms with Gasteiger partial charge in [-0.3, -0.25) is 9.69 Å². The summed E-state index contributed by atoms with van der Waals surface area (Å²) in [5, 5.41) is 10.4. The van der Waals surface area contributed by atoms with Crippen LogP contribution in [-0.4, -0.2) is 28.1 Å². The molecule has 1 aliphatic heterocycles. The highest BCUT2D eigenvalue weighted by molar-refractivity contribution is 9.10. The number of nitrogens with zero attached hydrogens (tertiary/aromatic N) is 1. The van der Waals surface area contributed by atoms with Crippen molar-refractivity contribution in [2.24, 2.45) is 0 Å². The van der Waals surface area contributed by atoms with Gasteiger partial charge in [0.05, 0.1) is 0 Å². The molecule has 1 aromatic carbocycles. The molecule has 20 heavy (non-hydrogen) atoms. The van der Waals surface area contributed by atoms with Crippen molar-refractivity contribution in [3.63, 3.8) is 0 Å². The van der Waals surface area contributed by atoms with Crippen LogP contribution >= 0.6 is 27.5 Å². The molecule has 3 nitrogen and oxygen atoms in total. The molecule has 0 spiro atoms. The second-order valence-corrected chi connectivity index (χ2v) is 6.64. The first-order valence-corrected chi connectivity index (χ1v) is 8.09. The van der Waals surface area contributed by atoms with Crippen molar-refractivity contribution in [2.75, 3.05) is 6.54 Å². The second kappa shape index (κ2) is 6.46. The van der Waals surface area contributed by atoms with E-state index in [-0.39, 0.29) is 0 Å². The van der Waals surface area contributed by atoms with Crippen LogP contribution in [0.1, 0.15) is 38.2 Å². The molecule has 0 aromatic heterocycles. The third-order valence-electron chi connectivity index (χ3n) is 4.05. The Kier molecular flexibility index (Phi) is 5.10. The lowest BCUT2D eigenvalue weighted by atomic mass is 9.90. The molecular formula is C15H19BrClNO2. The molecule has 1 unspecified atom stereocenters. The van der Waals surface area contributed by atoms with Gasteiger partial charge in [0.1, 0.15) is 5.54 Å². The fourth-order valence-electron chi connectivity index (χ4n) is 3.08. The fraction of sp³-hybridized carbons (Fsp3) is 0.533. The van der Waals surface area contributed by atoms with E-state index in [4.69, 9.17) is 11.6 Å². The summed E-state index contributed by atoms with van der Waals surface area (Å²) in [6.45, 7) is 3.48. The van der Waals surface area contributed by atoms with Gasteiger partial charge in [-0.05, 0) is 49.6 Å². The van der Waals surface area contributed by atoms with E-state index in [1.165, 1.54) is 0 Å². The largest absolute Gasteiger partial charge is 0.480 e. The summed E-state index contributed by atoms with van der Waals surface area (Å²) in [5.41, 5.74) is 0.331. The molecule has 1 heterocycles. The molecule has 1 fully saturated rings. The van der Waals surface area contributed by atoms with Crippen molar-refractivity contribution in [2.45, 2.75) is 44.7 Å². The number of hydrogen-bond donors (Lipinski definition) is 1. The lowest BCUT2D eigenvalue weighted by Crippen LogP contribution is -2.50. The van der Waals surface area contributed by atoms with Gasteiger partial charge in [0.25, 0.3) is 0 Å². The summed E-state index contributed by atoms with van der Waals surface area (Å²) in [4.78, 5) is 13.9. The third kappa shape index (κ3) is 3.02. The van der Waals surface area contributed by atoms with Crippen LogP contribution in [0.15, 0.2) is 22.7 Å². The zero-order valence-electron chi connectivity index (χ0n) is 11.5. The summed E-state index contributed by atoms with van der Waals surface area (Å²) in [6, 6.07) is 5.65. The normalized spacial score (nSPS) is 23.1. The zero-order chi connectivity index (χ0) is 14.8. The minimum atomic E-state index is -0.712. The minimum Gasteiger partial charge on any atom is -0.480 e. The Hall–Kier alpha value is -0.580. The lowest BCUT2D eigenvalue weighted by molar-refractivity contribution is -0.150. The van der Waals surface area contributed by atoms with E-state index < -0.39 is 11.5 Å². The molecule has 1 aliphatic rings. The number of carboxylic acids is 1. The van der Waals surface area contributed by atoms with E-state index >= 15 is 0 Å². The zero-order valence-corrected chi connectivity index (χ0v) is 13.9. The Labute approximate surface area is 133 Å². The number of likely N-dealkylation sites (tertiary alicyclic amines) is 1. The second-order valence-electron chi connectivity index (χ2n) is 5.35. The van der Waals surface area contributed by atoms with Crippen LogP contribution in [0.3, 0.4) is 0 Å². The molecule has 1 N–H and O–H groups in total. The fourth-order valence-corrected chi connectivity index (χ4v) is 3.65. The Balaban J connectivity index is 2.26. The number of benzene rings is 1. The third-order valence-corrected chi connectivity index (χ3v) is 5.06. The van der Waals surface area contributed by atoms with Gasteiger partial charge in [0.2, 0.25) is 0 Å². The standard InChI is InChI=1S/C15H19BrClNO2/c1-2-6-15(14(19)20)7-3-8-18(15)10-11-9-12(17)4-5-13(11)16/h4-5,9H,2-3,6-8,10H2,1H3,(H,19,20). The van der Waals surface area contributed by atoms with Crippen molar-refractivity contribution < 1.29 is 9.90 Å². The van der Waals surface area contributed by atoms with Gasteiger partial charge in [0, 0.05) is 16.0 Å². The van der Waals surface area contributed by atoms with E-state index in [1.54, 1.807) is 0 Å². The average Bonchev–Trinajstić information content (AvgIpc) is 2.79. The quantitative estimate of drug-likeness (QED) is 0.850. The van der Waals surface area contributed by atoms with Gasteiger partial charge in [-0.25, -0.2) is 0 Å². The van der Waals surface area contributed by atoms with Gasteiger partial charge < -0.3 is 5.11 Å². The predicted octanol–water partition coefficient (Wildman–Crippen LogP) is 4.32. The first-order valence-electron chi connectivity index (χ1n) is 6.92. The number of carbonyl (C=O) groups is 1. The van der Waals surface area contributed by atoms with Crippen LogP contribution in [-0.2, 0) is 11.3 Å². The molecule has 110 valence electrons. The van der Waals surface area contributed by atoms with Crippen LogP contribution < -0.4 is 0 Å². The Morgan fingerprint density at radius 3 is 2.95 bits per heavy atom. The summed E-state index contributed by atoms with van der Waals surface area (Å²) >= 11 is 9.56. The lowest BCUT2D eigenvalue weighted by Gasteiger charge is -2.35. The highest BCUT2D eigenvalue weighted by atomic mass is 79.9. The van der Waals surface area contributed by atoms with Crippen LogP contribution in [0.2, 0.25) is 5.02 Å². The Bertz CT molecular complexity index is 509. The van der Waals surface area contributed by atoms with E-state index in [0.717, 1.165) is 35.8 Å². The van der Waals surface area contributed by atoms with Crippen LogP contribution in [0, 0.1) is 0 Å². The van der Waals surface area contributed by atoms with Crippen LogP contribution in [0.4, 0.5) is 0 Å². The molecule has 0 bridgehead atoms. The number of hydrogen-bond acceptors (Lipinski definition) is 2.